The van der Waals surface area contributed by atoms with Crippen LogP contribution in [0.4, 0.5) is 0 Å². The van der Waals surface area contributed by atoms with Crippen molar-refractivity contribution in [1.29, 1.82) is 0 Å². The molecule has 0 bridgehead atoms. The molecule has 0 spiro atoms. The normalized spacial score (nSPS) is 19.4. The Morgan fingerprint density at radius 1 is 1.50 bits per heavy atom. The molecule has 0 amide bonds. The molecule has 1 heterocycles. The molecule has 5 N–H and O–H groups in total. The second-order valence-corrected chi connectivity index (χ2v) is 3.64. The lowest BCUT2D eigenvalue weighted by Gasteiger charge is -2.22. The van der Waals surface area contributed by atoms with E-state index in [2.05, 4.69) is 16.0 Å². The van der Waals surface area contributed by atoms with Gasteiger partial charge in [-0.2, -0.15) is 0 Å². The topological polar surface area (TPSA) is 80.7 Å². The lowest BCUT2D eigenvalue weighted by molar-refractivity contribution is 0.553. The minimum atomic E-state index is -0.674. The SMILES string of the molecule is NC1(N)C=CC(Cc2ncc[nH]2)=CC1. The Morgan fingerprint density at radius 3 is 2.93 bits per heavy atom. The highest BCUT2D eigenvalue weighted by molar-refractivity contribution is 5.30. The van der Waals surface area contributed by atoms with Crippen molar-refractivity contribution in [3.8, 4) is 0 Å². The van der Waals surface area contributed by atoms with E-state index < -0.39 is 5.66 Å². The fourth-order valence-corrected chi connectivity index (χ4v) is 1.43. The minimum Gasteiger partial charge on any atom is -0.348 e. The molecule has 0 fully saturated rings. The standard InChI is InChI=1S/C10H14N4/c11-10(12)3-1-8(2-4-10)7-9-13-5-6-14-9/h1-3,5-6H,4,7,11-12H2,(H,13,14). The van der Waals surface area contributed by atoms with E-state index in [0.29, 0.717) is 6.42 Å². The number of hydrogen-bond acceptors (Lipinski definition) is 3. The number of allylic oxidation sites excluding steroid dienone is 2. The highest BCUT2D eigenvalue weighted by atomic mass is 14.9. The molecule has 0 radical (unpaired) electrons. The van der Waals surface area contributed by atoms with Gasteiger partial charge in [0.1, 0.15) is 5.82 Å². The minimum absolute atomic E-state index is 0.674. The maximum absolute atomic E-state index is 5.74. The first-order valence-electron chi connectivity index (χ1n) is 4.60. The summed E-state index contributed by atoms with van der Waals surface area (Å²) in [5.74, 6) is 0.961. The molecule has 0 aromatic carbocycles. The molecule has 0 saturated heterocycles. The van der Waals surface area contributed by atoms with E-state index >= 15 is 0 Å². The molecule has 14 heavy (non-hydrogen) atoms. The van der Waals surface area contributed by atoms with Gasteiger partial charge in [0.15, 0.2) is 0 Å². The lowest BCUT2D eigenvalue weighted by atomic mass is 9.97. The van der Waals surface area contributed by atoms with Crippen LogP contribution in [0.25, 0.3) is 0 Å². The van der Waals surface area contributed by atoms with Crippen molar-refractivity contribution < 1.29 is 0 Å². The van der Waals surface area contributed by atoms with Gasteiger partial charge < -0.3 is 16.5 Å². The van der Waals surface area contributed by atoms with E-state index in [9.17, 15) is 0 Å². The molecule has 4 nitrogen and oxygen atoms in total. The predicted octanol–water partition coefficient (Wildman–Crippen LogP) is 0.452. The molecule has 1 aromatic heterocycles. The first-order chi connectivity index (χ1) is 6.66. The molecule has 0 saturated carbocycles. The van der Waals surface area contributed by atoms with Crippen molar-refractivity contribution in [2.75, 3.05) is 0 Å². The first kappa shape index (κ1) is 9.18. The average Bonchev–Trinajstić information content (AvgIpc) is 2.61. The third-order valence-corrected chi connectivity index (χ3v) is 2.25. The highest BCUT2D eigenvalue weighted by Gasteiger charge is 2.16. The number of nitrogens with one attached hydrogen (secondary N) is 1. The molecule has 1 aliphatic carbocycles. The summed E-state index contributed by atoms with van der Waals surface area (Å²) in [4.78, 5) is 7.21. The molecule has 1 aromatic rings. The van der Waals surface area contributed by atoms with Crippen LogP contribution in [0.1, 0.15) is 12.2 Å². The van der Waals surface area contributed by atoms with Crippen molar-refractivity contribution in [1.82, 2.24) is 9.97 Å². The summed E-state index contributed by atoms with van der Waals surface area (Å²) >= 11 is 0. The van der Waals surface area contributed by atoms with Gasteiger partial charge in [0.2, 0.25) is 0 Å². The molecule has 4 heteroatoms. The monoisotopic (exact) mass is 190 g/mol. The summed E-state index contributed by atoms with van der Waals surface area (Å²) < 4.78 is 0. The zero-order valence-corrected chi connectivity index (χ0v) is 7.90. The Labute approximate surface area is 82.7 Å². The van der Waals surface area contributed by atoms with Crippen LogP contribution in [-0.2, 0) is 6.42 Å². The molecular formula is C10H14N4. The number of imidazole rings is 1. The summed E-state index contributed by atoms with van der Waals surface area (Å²) in [5, 5.41) is 0. The summed E-state index contributed by atoms with van der Waals surface area (Å²) in [6.07, 6.45) is 10.9. The van der Waals surface area contributed by atoms with Crippen LogP contribution in [0.15, 0.2) is 36.2 Å². The molecule has 0 aliphatic heterocycles. The van der Waals surface area contributed by atoms with Crippen LogP contribution in [0.5, 0.6) is 0 Å². The number of H-pyrrole nitrogens is 1. The predicted molar refractivity (Wildman–Crippen MR) is 55.2 cm³/mol. The van der Waals surface area contributed by atoms with Gasteiger partial charge in [-0.1, -0.05) is 12.2 Å². The fraction of sp³-hybridized carbons (Fsp3) is 0.300. The van der Waals surface area contributed by atoms with Crippen LogP contribution in [0.2, 0.25) is 0 Å². The molecule has 1 aliphatic rings. The van der Waals surface area contributed by atoms with E-state index in [0.717, 1.165) is 12.2 Å². The fourth-order valence-electron chi connectivity index (χ4n) is 1.43. The van der Waals surface area contributed by atoms with E-state index in [4.69, 9.17) is 11.5 Å². The number of aromatic nitrogens is 2. The smallest absolute Gasteiger partial charge is 0.110 e. The Balaban J connectivity index is 2.03. The van der Waals surface area contributed by atoms with E-state index in [1.165, 1.54) is 5.57 Å². The number of hydrogen-bond donors (Lipinski definition) is 3. The summed E-state index contributed by atoms with van der Waals surface area (Å²) in [7, 11) is 0. The van der Waals surface area contributed by atoms with Crippen LogP contribution in [0.3, 0.4) is 0 Å². The van der Waals surface area contributed by atoms with Gasteiger partial charge in [-0.3, -0.25) is 0 Å². The Hall–Kier alpha value is -1.39. The van der Waals surface area contributed by atoms with Gasteiger partial charge >= 0.3 is 0 Å². The van der Waals surface area contributed by atoms with Crippen molar-refractivity contribution >= 4 is 0 Å². The van der Waals surface area contributed by atoms with Crippen LogP contribution in [0, 0.1) is 0 Å². The number of aromatic amines is 1. The van der Waals surface area contributed by atoms with Gasteiger partial charge in [-0.05, 0) is 11.6 Å². The summed E-state index contributed by atoms with van der Waals surface area (Å²) in [5.41, 5.74) is 12.0. The number of nitrogens with two attached hydrogens (primary N) is 2. The molecule has 2 rings (SSSR count). The zero-order chi connectivity index (χ0) is 10.0. The van der Waals surface area contributed by atoms with Gasteiger partial charge in [0.25, 0.3) is 0 Å². The van der Waals surface area contributed by atoms with Gasteiger partial charge in [0.05, 0.1) is 5.66 Å². The van der Waals surface area contributed by atoms with E-state index in [1.54, 1.807) is 6.20 Å². The second-order valence-electron chi connectivity index (χ2n) is 3.64. The van der Waals surface area contributed by atoms with Crippen LogP contribution < -0.4 is 11.5 Å². The number of nitrogens with zero attached hydrogens (tertiary/aromatic N) is 1. The lowest BCUT2D eigenvalue weighted by Crippen LogP contribution is -2.47. The van der Waals surface area contributed by atoms with E-state index in [-0.39, 0.29) is 0 Å². The Bertz CT molecular complexity index is 359. The third kappa shape index (κ3) is 2.10. The van der Waals surface area contributed by atoms with Gasteiger partial charge in [-0.15, -0.1) is 0 Å². The Kier molecular flexibility index (Phi) is 2.23. The first-order valence-corrected chi connectivity index (χ1v) is 4.60. The maximum Gasteiger partial charge on any atom is 0.110 e. The van der Waals surface area contributed by atoms with Gasteiger partial charge in [-0.25, -0.2) is 4.98 Å². The zero-order valence-electron chi connectivity index (χ0n) is 7.90. The average molecular weight is 190 g/mol. The van der Waals surface area contributed by atoms with Crippen LogP contribution in [-0.4, -0.2) is 15.6 Å². The number of rotatable bonds is 2. The van der Waals surface area contributed by atoms with Crippen molar-refractivity contribution in [2.24, 2.45) is 11.5 Å². The van der Waals surface area contributed by atoms with Crippen molar-refractivity contribution in [2.45, 2.75) is 18.5 Å². The second kappa shape index (κ2) is 3.40. The third-order valence-electron chi connectivity index (χ3n) is 2.25. The summed E-state index contributed by atoms with van der Waals surface area (Å²) in [6, 6.07) is 0. The highest BCUT2D eigenvalue weighted by Crippen LogP contribution is 2.16. The van der Waals surface area contributed by atoms with Crippen molar-refractivity contribution in [3.63, 3.8) is 0 Å². The van der Waals surface area contributed by atoms with E-state index in [1.807, 2.05) is 18.3 Å². The largest absolute Gasteiger partial charge is 0.348 e. The van der Waals surface area contributed by atoms with Crippen molar-refractivity contribution in [3.05, 3.63) is 42.0 Å². The molecule has 0 unspecified atom stereocenters. The maximum atomic E-state index is 5.74. The van der Waals surface area contributed by atoms with Crippen LogP contribution >= 0.6 is 0 Å². The summed E-state index contributed by atoms with van der Waals surface area (Å²) in [6.45, 7) is 0. The van der Waals surface area contributed by atoms with Gasteiger partial charge in [0, 0.05) is 25.2 Å². The molecule has 74 valence electrons. The quantitative estimate of drug-likeness (QED) is 0.592. The Morgan fingerprint density at radius 2 is 2.36 bits per heavy atom. The molecular weight excluding hydrogens is 176 g/mol. The molecule has 0 atom stereocenters.